The van der Waals surface area contributed by atoms with Gasteiger partial charge in [0.1, 0.15) is 0 Å². The monoisotopic (exact) mass is 377 g/mol. The van der Waals surface area contributed by atoms with E-state index in [1.807, 2.05) is 12.1 Å². The Morgan fingerprint density at radius 3 is 2.08 bits per heavy atom. The van der Waals surface area contributed by atoms with Crippen molar-refractivity contribution in [1.29, 1.82) is 0 Å². The van der Waals surface area contributed by atoms with Crippen LogP contribution in [0.5, 0.6) is 0 Å². The average Bonchev–Trinajstić information content (AvgIpc) is 2.62. The number of allylic oxidation sites excluding steroid dienone is 1. The number of hydrogen-bond donors (Lipinski definition) is 0. The summed E-state index contributed by atoms with van der Waals surface area (Å²) in [6.07, 6.45) is 3.15. The Bertz CT molecular complexity index is 853. The predicted molar refractivity (Wildman–Crippen MR) is 101 cm³/mol. The standard InChI is InChI=1S/C19H20ClNO3S/c1-3-21(4-2)25(23,24)18-12-8-16(9-13-18)19(22)14-7-15-5-10-17(20)11-6-15/h5-14H,3-4H2,1-2H3/b14-7+. The highest BCUT2D eigenvalue weighted by atomic mass is 35.5. The van der Waals surface area contributed by atoms with Crippen LogP contribution in [-0.2, 0) is 10.0 Å². The maximum absolute atomic E-state index is 12.4. The van der Waals surface area contributed by atoms with Crippen molar-refractivity contribution in [1.82, 2.24) is 4.31 Å². The molecule has 0 amide bonds. The Morgan fingerprint density at radius 2 is 1.56 bits per heavy atom. The van der Waals surface area contributed by atoms with Crippen LogP contribution >= 0.6 is 11.6 Å². The first-order chi connectivity index (χ1) is 11.9. The molecule has 25 heavy (non-hydrogen) atoms. The minimum atomic E-state index is -3.51. The van der Waals surface area contributed by atoms with Gasteiger partial charge in [-0.15, -0.1) is 0 Å². The summed E-state index contributed by atoms with van der Waals surface area (Å²) >= 11 is 5.82. The Balaban J connectivity index is 2.16. The molecule has 0 atom stereocenters. The molecule has 2 rings (SSSR count). The molecule has 0 fully saturated rings. The fourth-order valence-corrected chi connectivity index (χ4v) is 3.93. The number of hydrogen-bond acceptors (Lipinski definition) is 3. The van der Waals surface area contributed by atoms with E-state index in [-0.39, 0.29) is 10.7 Å². The lowest BCUT2D eigenvalue weighted by molar-refractivity contribution is 0.104. The van der Waals surface area contributed by atoms with Crippen LogP contribution in [0.25, 0.3) is 6.08 Å². The number of rotatable bonds is 7. The number of carbonyl (C=O) groups excluding carboxylic acids is 1. The molecule has 132 valence electrons. The van der Waals surface area contributed by atoms with E-state index >= 15 is 0 Å². The van der Waals surface area contributed by atoms with Crippen molar-refractivity contribution in [3.63, 3.8) is 0 Å². The lowest BCUT2D eigenvalue weighted by Crippen LogP contribution is -2.30. The Kier molecular flexibility index (Phi) is 6.53. The maximum Gasteiger partial charge on any atom is 0.243 e. The molecule has 4 nitrogen and oxygen atoms in total. The van der Waals surface area contributed by atoms with Gasteiger partial charge in [0.05, 0.1) is 4.90 Å². The largest absolute Gasteiger partial charge is 0.289 e. The Hall–Kier alpha value is -1.95. The van der Waals surface area contributed by atoms with Crippen molar-refractivity contribution in [3.05, 3.63) is 70.8 Å². The van der Waals surface area contributed by atoms with E-state index in [9.17, 15) is 13.2 Å². The van der Waals surface area contributed by atoms with Crippen molar-refractivity contribution in [3.8, 4) is 0 Å². The molecule has 0 spiro atoms. The van der Waals surface area contributed by atoms with Gasteiger partial charge in [0.15, 0.2) is 5.78 Å². The third kappa shape index (κ3) is 4.78. The quantitative estimate of drug-likeness (QED) is 0.535. The highest BCUT2D eigenvalue weighted by Crippen LogP contribution is 2.17. The molecule has 0 unspecified atom stereocenters. The SMILES string of the molecule is CCN(CC)S(=O)(=O)c1ccc(C(=O)/C=C/c2ccc(Cl)cc2)cc1. The van der Waals surface area contributed by atoms with Crippen molar-refractivity contribution < 1.29 is 13.2 Å². The van der Waals surface area contributed by atoms with Crippen LogP contribution in [0.1, 0.15) is 29.8 Å². The molecular formula is C19H20ClNO3S. The fourth-order valence-electron chi connectivity index (χ4n) is 2.35. The van der Waals surface area contributed by atoms with Gasteiger partial charge in [-0.25, -0.2) is 8.42 Å². The molecule has 2 aromatic rings. The highest BCUT2D eigenvalue weighted by Gasteiger charge is 2.21. The predicted octanol–water partition coefficient (Wildman–Crippen LogP) is 4.27. The first-order valence-corrected chi connectivity index (χ1v) is 9.78. The van der Waals surface area contributed by atoms with Crippen LogP contribution in [0.3, 0.4) is 0 Å². The molecule has 6 heteroatoms. The summed E-state index contributed by atoms with van der Waals surface area (Å²) < 4.78 is 26.2. The molecule has 0 saturated heterocycles. The second kappa shape index (κ2) is 8.43. The van der Waals surface area contributed by atoms with Crippen molar-refractivity contribution in [2.24, 2.45) is 0 Å². The third-order valence-electron chi connectivity index (χ3n) is 3.78. The van der Waals surface area contributed by atoms with Gasteiger partial charge in [0.2, 0.25) is 10.0 Å². The second-order valence-corrected chi connectivity index (χ2v) is 7.74. The van der Waals surface area contributed by atoms with Gasteiger partial charge in [-0.2, -0.15) is 4.31 Å². The minimum Gasteiger partial charge on any atom is -0.289 e. The summed E-state index contributed by atoms with van der Waals surface area (Å²) in [5.74, 6) is -0.193. The van der Waals surface area contributed by atoms with E-state index in [2.05, 4.69) is 0 Å². The van der Waals surface area contributed by atoms with E-state index in [1.165, 1.54) is 34.6 Å². The van der Waals surface area contributed by atoms with E-state index in [4.69, 9.17) is 11.6 Å². The van der Waals surface area contributed by atoms with Gasteiger partial charge in [-0.1, -0.05) is 43.7 Å². The zero-order valence-electron chi connectivity index (χ0n) is 14.1. The summed E-state index contributed by atoms with van der Waals surface area (Å²) in [5, 5.41) is 0.633. The molecule has 0 heterocycles. The van der Waals surface area contributed by atoms with Crippen LogP contribution in [0.2, 0.25) is 5.02 Å². The lowest BCUT2D eigenvalue weighted by Gasteiger charge is -2.18. The Morgan fingerprint density at radius 1 is 1.00 bits per heavy atom. The molecule has 0 N–H and O–H groups in total. The molecule has 0 aliphatic carbocycles. The third-order valence-corrected chi connectivity index (χ3v) is 6.10. The first-order valence-electron chi connectivity index (χ1n) is 7.96. The molecule has 0 aliphatic rings. The van der Waals surface area contributed by atoms with Gasteiger partial charge >= 0.3 is 0 Å². The normalized spacial score (nSPS) is 12.0. The molecule has 0 saturated carbocycles. The fraction of sp³-hybridized carbons (Fsp3) is 0.211. The summed E-state index contributed by atoms with van der Waals surface area (Å²) in [7, 11) is -3.51. The first kappa shape index (κ1) is 19.4. The topological polar surface area (TPSA) is 54.5 Å². The number of halogens is 1. The van der Waals surface area contributed by atoms with Gasteiger partial charge in [0.25, 0.3) is 0 Å². The smallest absolute Gasteiger partial charge is 0.243 e. The summed E-state index contributed by atoms with van der Waals surface area (Å²) in [6.45, 7) is 4.40. The molecule has 0 aromatic heterocycles. The zero-order valence-corrected chi connectivity index (χ0v) is 15.7. The second-order valence-electron chi connectivity index (χ2n) is 5.36. The molecule has 0 radical (unpaired) electrons. The Labute approximate surface area is 153 Å². The van der Waals surface area contributed by atoms with Crippen LogP contribution in [-0.4, -0.2) is 31.6 Å². The number of nitrogens with zero attached hydrogens (tertiary/aromatic N) is 1. The van der Waals surface area contributed by atoms with Crippen LogP contribution < -0.4 is 0 Å². The average molecular weight is 378 g/mol. The van der Waals surface area contributed by atoms with Crippen molar-refractivity contribution in [2.45, 2.75) is 18.7 Å². The minimum absolute atomic E-state index is 0.189. The number of ketones is 1. The van der Waals surface area contributed by atoms with Gasteiger partial charge in [0, 0.05) is 23.7 Å². The molecule has 2 aromatic carbocycles. The lowest BCUT2D eigenvalue weighted by atomic mass is 10.1. The molecular weight excluding hydrogens is 358 g/mol. The summed E-state index contributed by atoms with van der Waals surface area (Å²) in [5.41, 5.74) is 1.29. The van der Waals surface area contributed by atoms with E-state index < -0.39 is 10.0 Å². The number of sulfonamides is 1. The van der Waals surface area contributed by atoms with Crippen LogP contribution in [0.15, 0.2) is 59.5 Å². The number of carbonyl (C=O) groups is 1. The number of benzene rings is 2. The van der Waals surface area contributed by atoms with E-state index in [0.29, 0.717) is 23.7 Å². The highest BCUT2D eigenvalue weighted by molar-refractivity contribution is 7.89. The van der Waals surface area contributed by atoms with Crippen molar-refractivity contribution in [2.75, 3.05) is 13.1 Å². The summed E-state index contributed by atoms with van der Waals surface area (Å²) in [6, 6.07) is 13.1. The summed E-state index contributed by atoms with van der Waals surface area (Å²) in [4.78, 5) is 12.4. The van der Waals surface area contributed by atoms with Crippen molar-refractivity contribution >= 4 is 33.5 Å². The van der Waals surface area contributed by atoms with E-state index in [1.54, 1.807) is 32.1 Å². The van der Waals surface area contributed by atoms with Gasteiger partial charge in [-0.05, 0) is 48.0 Å². The molecule has 0 aliphatic heterocycles. The zero-order chi connectivity index (χ0) is 18.4. The van der Waals surface area contributed by atoms with Gasteiger partial charge in [-0.3, -0.25) is 4.79 Å². The molecule has 0 bridgehead atoms. The van der Waals surface area contributed by atoms with Gasteiger partial charge < -0.3 is 0 Å². The maximum atomic E-state index is 12.4. The van der Waals surface area contributed by atoms with E-state index in [0.717, 1.165) is 5.56 Å². The van der Waals surface area contributed by atoms with Crippen LogP contribution in [0.4, 0.5) is 0 Å². The van der Waals surface area contributed by atoms with Crippen LogP contribution in [0, 0.1) is 0 Å².